The Bertz CT molecular complexity index is 222. The van der Waals surface area contributed by atoms with Gasteiger partial charge >= 0.3 is 0 Å². The molecule has 0 aromatic rings. The summed E-state index contributed by atoms with van der Waals surface area (Å²) in [6, 6.07) is 0.582. The molecule has 1 rings (SSSR count). The number of nitrogens with zero attached hydrogens (tertiary/aromatic N) is 2. The predicted octanol–water partition coefficient (Wildman–Crippen LogP) is 0.524. The van der Waals surface area contributed by atoms with Gasteiger partial charge in [-0.25, -0.2) is 0 Å². The van der Waals surface area contributed by atoms with Gasteiger partial charge in [-0.2, -0.15) is 0 Å². The van der Waals surface area contributed by atoms with Crippen LogP contribution in [0.2, 0.25) is 0 Å². The molecule has 0 spiro atoms. The van der Waals surface area contributed by atoms with Crippen molar-refractivity contribution in [3.05, 3.63) is 0 Å². The molecule has 2 N–H and O–H groups in total. The molecule has 4 heteroatoms. The molecule has 0 saturated carbocycles. The van der Waals surface area contributed by atoms with Crippen molar-refractivity contribution in [3.8, 4) is 0 Å². The predicted molar refractivity (Wildman–Crippen MR) is 66.1 cm³/mol. The molecule has 1 fully saturated rings. The smallest absolute Gasteiger partial charge is 0.225 e. The van der Waals surface area contributed by atoms with E-state index in [1.54, 1.807) is 0 Å². The van der Waals surface area contributed by atoms with Crippen LogP contribution in [0.1, 0.15) is 27.2 Å². The Morgan fingerprint density at radius 1 is 1.19 bits per heavy atom. The lowest BCUT2D eigenvalue weighted by Gasteiger charge is -2.37. The molecule has 1 aliphatic rings. The summed E-state index contributed by atoms with van der Waals surface area (Å²) >= 11 is 0. The molecule has 1 atom stereocenters. The molecule has 0 aromatic carbocycles. The summed E-state index contributed by atoms with van der Waals surface area (Å²) in [6.45, 7) is 10.7. The molecule has 0 bridgehead atoms. The van der Waals surface area contributed by atoms with Crippen LogP contribution in [-0.4, -0.2) is 54.5 Å². The number of rotatable bonds is 4. The van der Waals surface area contributed by atoms with E-state index in [0.29, 0.717) is 12.6 Å². The van der Waals surface area contributed by atoms with Crippen LogP contribution in [0.5, 0.6) is 0 Å². The van der Waals surface area contributed by atoms with Crippen LogP contribution in [0.3, 0.4) is 0 Å². The largest absolute Gasteiger partial charge is 0.340 e. The topological polar surface area (TPSA) is 49.6 Å². The summed E-state index contributed by atoms with van der Waals surface area (Å²) in [5.74, 6) is 0.351. The minimum Gasteiger partial charge on any atom is -0.340 e. The highest BCUT2D eigenvalue weighted by Crippen LogP contribution is 2.11. The summed E-state index contributed by atoms with van der Waals surface area (Å²) in [4.78, 5) is 16.4. The van der Waals surface area contributed by atoms with Crippen LogP contribution in [0, 0.1) is 5.92 Å². The maximum absolute atomic E-state index is 12.0. The molecule has 0 aliphatic carbocycles. The van der Waals surface area contributed by atoms with Crippen LogP contribution in [0.4, 0.5) is 0 Å². The fraction of sp³-hybridized carbons (Fsp3) is 0.917. The van der Waals surface area contributed by atoms with Crippen molar-refractivity contribution in [1.82, 2.24) is 9.80 Å². The molecule has 1 aliphatic heterocycles. The number of nitrogens with two attached hydrogens (primary N) is 1. The number of hydrogen-bond donors (Lipinski definition) is 1. The normalized spacial score (nSPS) is 20.2. The van der Waals surface area contributed by atoms with E-state index in [1.165, 1.54) is 0 Å². The van der Waals surface area contributed by atoms with Gasteiger partial charge in [0.25, 0.3) is 0 Å². The van der Waals surface area contributed by atoms with Crippen molar-refractivity contribution in [2.75, 3.05) is 32.7 Å². The first-order valence-electron chi connectivity index (χ1n) is 6.29. The van der Waals surface area contributed by atoms with Gasteiger partial charge < -0.3 is 10.6 Å². The molecule has 1 unspecified atom stereocenters. The van der Waals surface area contributed by atoms with Crippen LogP contribution in [0.15, 0.2) is 0 Å². The van der Waals surface area contributed by atoms with Gasteiger partial charge in [-0.1, -0.05) is 6.92 Å². The lowest BCUT2D eigenvalue weighted by molar-refractivity contribution is -0.137. The number of amides is 1. The van der Waals surface area contributed by atoms with Crippen molar-refractivity contribution in [2.45, 2.75) is 33.2 Å². The van der Waals surface area contributed by atoms with Crippen molar-refractivity contribution >= 4 is 5.91 Å². The summed E-state index contributed by atoms with van der Waals surface area (Å²) in [6.07, 6.45) is 0.795. The van der Waals surface area contributed by atoms with Gasteiger partial charge in [-0.05, 0) is 26.8 Å². The van der Waals surface area contributed by atoms with E-state index in [1.807, 2.05) is 11.8 Å². The van der Waals surface area contributed by atoms with E-state index in [0.717, 1.165) is 32.6 Å². The van der Waals surface area contributed by atoms with Gasteiger partial charge in [0.2, 0.25) is 5.91 Å². The molecule has 4 nitrogen and oxygen atoms in total. The Kier molecular flexibility index (Phi) is 5.22. The second kappa shape index (κ2) is 6.21. The summed E-state index contributed by atoms with van der Waals surface area (Å²) < 4.78 is 0. The highest BCUT2D eigenvalue weighted by Gasteiger charge is 2.25. The summed E-state index contributed by atoms with van der Waals surface area (Å²) in [7, 11) is 0. The zero-order chi connectivity index (χ0) is 12.1. The first kappa shape index (κ1) is 13.5. The van der Waals surface area contributed by atoms with Crippen LogP contribution in [-0.2, 0) is 4.79 Å². The third-order valence-electron chi connectivity index (χ3n) is 3.38. The highest BCUT2D eigenvalue weighted by atomic mass is 16.2. The molecule has 0 radical (unpaired) electrons. The Morgan fingerprint density at radius 3 is 2.19 bits per heavy atom. The minimum absolute atomic E-state index is 0.0793. The Labute approximate surface area is 98.8 Å². The Hall–Kier alpha value is -0.610. The molecular formula is C12H25N3O. The highest BCUT2D eigenvalue weighted by molar-refractivity contribution is 5.78. The molecule has 1 saturated heterocycles. The second-order valence-electron chi connectivity index (χ2n) is 4.93. The zero-order valence-corrected chi connectivity index (χ0v) is 10.8. The fourth-order valence-corrected chi connectivity index (χ4v) is 2.14. The molecule has 94 valence electrons. The number of hydrogen-bond acceptors (Lipinski definition) is 3. The van der Waals surface area contributed by atoms with Gasteiger partial charge in [0.1, 0.15) is 0 Å². The maximum atomic E-state index is 12.0. The lowest BCUT2D eigenvalue weighted by atomic mass is 10.1. The van der Waals surface area contributed by atoms with Crippen molar-refractivity contribution in [3.63, 3.8) is 0 Å². The van der Waals surface area contributed by atoms with Crippen LogP contribution < -0.4 is 5.73 Å². The molecule has 1 heterocycles. The van der Waals surface area contributed by atoms with Gasteiger partial charge in [0.15, 0.2) is 0 Å². The number of carbonyl (C=O) groups excluding carboxylic acids is 1. The zero-order valence-electron chi connectivity index (χ0n) is 10.8. The fourth-order valence-electron chi connectivity index (χ4n) is 2.14. The van der Waals surface area contributed by atoms with Gasteiger partial charge in [0, 0.05) is 38.1 Å². The Morgan fingerprint density at radius 2 is 1.75 bits per heavy atom. The van der Waals surface area contributed by atoms with Gasteiger partial charge in [0.05, 0.1) is 0 Å². The maximum Gasteiger partial charge on any atom is 0.225 e. The van der Waals surface area contributed by atoms with Crippen molar-refractivity contribution in [2.24, 2.45) is 11.7 Å². The summed E-state index contributed by atoms with van der Waals surface area (Å²) in [5.41, 5.74) is 5.48. The lowest BCUT2D eigenvalue weighted by Crippen LogP contribution is -2.51. The number of piperazine rings is 1. The van der Waals surface area contributed by atoms with E-state index in [9.17, 15) is 4.79 Å². The molecular weight excluding hydrogens is 202 g/mol. The first-order valence-corrected chi connectivity index (χ1v) is 6.29. The van der Waals surface area contributed by atoms with E-state index in [-0.39, 0.29) is 11.8 Å². The van der Waals surface area contributed by atoms with Gasteiger partial charge in [-0.3, -0.25) is 9.69 Å². The monoisotopic (exact) mass is 227 g/mol. The number of carbonyl (C=O) groups is 1. The molecule has 0 aromatic heterocycles. The van der Waals surface area contributed by atoms with Gasteiger partial charge in [-0.15, -0.1) is 0 Å². The van der Waals surface area contributed by atoms with Crippen molar-refractivity contribution < 1.29 is 4.79 Å². The van der Waals surface area contributed by atoms with E-state index < -0.39 is 0 Å². The quantitative estimate of drug-likeness (QED) is 0.762. The average Bonchev–Trinajstić information content (AvgIpc) is 2.28. The summed E-state index contributed by atoms with van der Waals surface area (Å²) in [5, 5.41) is 0. The third-order valence-corrected chi connectivity index (χ3v) is 3.38. The molecule has 1 amide bonds. The Balaban J connectivity index is 2.38. The van der Waals surface area contributed by atoms with E-state index >= 15 is 0 Å². The average molecular weight is 227 g/mol. The van der Waals surface area contributed by atoms with Crippen LogP contribution >= 0.6 is 0 Å². The minimum atomic E-state index is 0.0793. The van der Waals surface area contributed by atoms with Crippen molar-refractivity contribution in [1.29, 1.82) is 0 Å². The third kappa shape index (κ3) is 3.46. The van der Waals surface area contributed by atoms with E-state index in [4.69, 9.17) is 5.73 Å². The SMILES string of the molecule is CC(CCN)C(=O)N1CCN(C(C)C)CC1. The standard InChI is InChI=1S/C12H25N3O/c1-10(2)14-6-8-15(9-7-14)12(16)11(3)4-5-13/h10-11H,4-9,13H2,1-3H3. The second-order valence-corrected chi connectivity index (χ2v) is 4.93. The van der Waals surface area contributed by atoms with E-state index in [2.05, 4.69) is 18.7 Å². The van der Waals surface area contributed by atoms with Crippen LogP contribution in [0.25, 0.3) is 0 Å². The first-order chi connectivity index (χ1) is 7.56. The molecule has 16 heavy (non-hydrogen) atoms.